The molecule has 1 fully saturated rings. The van der Waals surface area contributed by atoms with Gasteiger partial charge in [0.2, 0.25) is 11.8 Å². The van der Waals surface area contributed by atoms with E-state index in [9.17, 15) is 18.8 Å². The van der Waals surface area contributed by atoms with E-state index in [2.05, 4.69) is 16.7 Å². The second-order valence-corrected chi connectivity index (χ2v) is 4.09. The average molecular weight is 434 g/mol. The molecule has 0 aromatic carbocycles. The molecule has 1 aliphatic carbocycles. The molecule has 3 amide bonds. The van der Waals surface area contributed by atoms with E-state index in [1.54, 1.807) is 6.08 Å². The summed E-state index contributed by atoms with van der Waals surface area (Å²) in [6.45, 7) is 0. The molecule has 1 heterocycles. The minimum absolute atomic E-state index is 0. The molecule has 100 valence electrons. The maximum atomic E-state index is 12.9. The largest absolute Gasteiger partial charge is 2.00 e. The number of rotatable bonds is 2. The minimum Gasteiger partial charge on any atom is -0.699 e. The molecule has 0 unspecified atom stereocenters. The molecule has 5 nitrogen and oxygen atoms in total. The van der Waals surface area contributed by atoms with E-state index in [0.717, 1.165) is 0 Å². The van der Waals surface area contributed by atoms with Crippen molar-refractivity contribution >= 4 is 17.7 Å². The van der Waals surface area contributed by atoms with Crippen LogP contribution >= 0.6 is 0 Å². The zero-order valence-electron chi connectivity index (χ0n) is 9.94. The van der Waals surface area contributed by atoms with Crippen LogP contribution in [0.25, 0.3) is 5.32 Å². The van der Waals surface area contributed by atoms with E-state index in [4.69, 9.17) is 0 Å². The predicted octanol–water partition coefficient (Wildman–Crippen LogP) is 1.07. The van der Waals surface area contributed by atoms with Crippen LogP contribution in [-0.2, 0) is 35.4 Å². The fourth-order valence-electron chi connectivity index (χ4n) is 1.76. The Hall–Kier alpha value is -1.29. The van der Waals surface area contributed by atoms with E-state index in [-0.39, 0.29) is 51.8 Å². The first-order valence-corrected chi connectivity index (χ1v) is 5.63. The van der Waals surface area contributed by atoms with Crippen molar-refractivity contribution in [3.8, 4) is 0 Å². The van der Waals surface area contributed by atoms with Gasteiger partial charge in [-0.1, -0.05) is 6.42 Å². The Kier molecular flexibility index (Phi) is 5.60. The standard InChI is InChI=1S/C12H12FN2O3.W/c13-8-3-1-2-7(6-8)11(17)14-9-4-5-10(16)15-12(9)18;/h2,9H,1,3-5H2,(H2,14,15,16,17,18);/q-1;+2/p-1/t9-;/m1./s1. The van der Waals surface area contributed by atoms with Crippen LogP contribution in [0.5, 0.6) is 0 Å². The van der Waals surface area contributed by atoms with Crippen molar-refractivity contribution in [2.45, 2.75) is 31.7 Å². The topological polar surface area (TPSA) is 77.3 Å². The molecule has 7 heteroatoms. The van der Waals surface area contributed by atoms with Crippen molar-refractivity contribution < 1.29 is 39.8 Å². The zero-order chi connectivity index (χ0) is 13.1. The first-order chi connectivity index (χ1) is 8.56. The average Bonchev–Trinajstić information content (AvgIpc) is 2.32. The molecule has 0 aromatic rings. The maximum absolute atomic E-state index is 12.9. The van der Waals surface area contributed by atoms with E-state index in [0.29, 0.717) is 6.42 Å². The maximum Gasteiger partial charge on any atom is 2.00 e. The van der Waals surface area contributed by atoms with Crippen LogP contribution < -0.4 is 5.32 Å². The normalized spacial score (nSPS) is 22.7. The fourth-order valence-corrected chi connectivity index (χ4v) is 1.76. The number of amides is 3. The summed E-state index contributed by atoms with van der Waals surface area (Å²) in [6, 6.07) is -0.872. The number of halogens is 1. The number of allylic oxidation sites excluding steroid dienone is 2. The number of imide groups is 1. The Morgan fingerprint density at radius 3 is 2.79 bits per heavy atom. The molecular formula is C12H11FN2O3W. The van der Waals surface area contributed by atoms with Gasteiger partial charge in [-0.2, -0.15) is 11.6 Å². The van der Waals surface area contributed by atoms with Crippen LogP contribution in [0.4, 0.5) is 4.39 Å². The Morgan fingerprint density at radius 1 is 1.42 bits per heavy atom. The number of carbonyl (C=O) groups excluding carboxylic acids is 3. The van der Waals surface area contributed by atoms with Crippen LogP contribution in [0, 0.1) is 6.08 Å². The first kappa shape index (κ1) is 15.8. The first-order valence-electron chi connectivity index (χ1n) is 5.63. The third-order valence-electron chi connectivity index (χ3n) is 2.70. The molecule has 0 bridgehead atoms. The monoisotopic (exact) mass is 434 g/mol. The number of nitrogens with zero attached hydrogens (tertiary/aromatic N) is 1. The van der Waals surface area contributed by atoms with Gasteiger partial charge in [0.1, 0.15) is 0 Å². The third kappa shape index (κ3) is 4.10. The molecule has 1 aliphatic heterocycles. The van der Waals surface area contributed by atoms with Crippen molar-refractivity contribution in [2.75, 3.05) is 0 Å². The van der Waals surface area contributed by atoms with E-state index in [1.807, 2.05) is 0 Å². The number of carbonyl (C=O) groups is 3. The summed E-state index contributed by atoms with van der Waals surface area (Å²) >= 11 is 0. The Balaban J connectivity index is 0.00000180. The second-order valence-electron chi connectivity index (χ2n) is 4.09. The number of hydrogen-bond donors (Lipinski definition) is 1. The molecular weight excluding hydrogens is 423 g/mol. The molecule has 2 rings (SSSR count). The molecule has 1 saturated heterocycles. The van der Waals surface area contributed by atoms with Crippen LogP contribution in [-0.4, -0.2) is 23.8 Å². The summed E-state index contributed by atoms with van der Waals surface area (Å²) < 4.78 is 12.9. The molecule has 0 aromatic heterocycles. The van der Waals surface area contributed by atoms with Gasteiger partial charge in [0.15, 0.2) is 0 Å². The van der Waals surface area contributed by atoms with Crippen LogP contribution in [0.3, 0.4) is 0 Å². The van der Waals surface area contributed by atoms with Gasteiger partial charge in [-0.25, -0.2) is 4.39 Å². The smallest absolute Gasteiger partial charge is 0.699 e. The van der Waals surface area contributed by atoms with Gasteiger partial charge in [-0.05, 0) is 24.8 Å². The molecule has 0 spiro atoms. The Morgan fingerprint density at radius 2 is 2.16 bits per heavy atom. The van der Waals surface area contributed by atoms with Crippen molar-refractivity contribution in [3.63, 3.8) is 0 Å². The van der Waals surface area contributed by atoms with Gasteiger partial charge in [0.05, 0.1) is 0 Å². The van der Waals surface area contributed by atoms with Crippen molar-refractivity contribution in [1.82, 2.24) is 5.32 Å². The summed E-state index contributed by atoms with van der Waals surface area (Å²) in [5, 5.41) is 5.80. The zero-order valence-corrected chi connectivity index (χ0v) is 12.9. The molecule has 1 N–H and O–H groups in total. The number of nitrogens with one attached hydrogen (secondary N) is 1. The molecule has 2 aliphatic rings. The van der Waals surface area contributed by atoms with Gasteiger partial charge in [0, 0.05) is 12.2 Å². The summed E-state index contributed by atoms with van der Waals surface area (Å²) in [4.78, 5) is 34.0. The molecule has 19 heavy (non-hydrogen) atoms. The third-order valence-corrected chi connectivity index (χ3v) is 2.70. The molecule has 1 atom stereocenters. The quantitative estimate of drug-likeness (QED) is 0.522. The van der Waals surface area contributed by atoms with Crippen LogP contribution in [0.2, 0.25) is 0 Å². The van der Waals surface area contributed by atoms with E-state index in [1.165, 1.54) is 0 Å². The van der Waals surface area contributed by atoms with Gasteiger partial charge in [-0.3, -0.25) is 14.9 Å². The van der Waals surface area contributed by atoms with E-state index < -0.39 is 23.7 Å². The van der Waals surface area contributed by atoms with Crippen LogP contribution in [0.1, 0.15) is 25.7 Å². The van der Waals surface area contributed by atoms with Gasteiger partial charge < -0.3 is 10.1 Å². The van der Waals surface area contributed by atoms with Crippen molar-refractivity contribution in [1.29, 1.82) is 0 Å². The van der Waals surface area contributed by atoms with Gasteiger partial charge in [0.25, 0.3) is 0 Å². The van der Waals surface area contributed by atoms with Gasteiger partial charge in [-0.15, -0.1) is 6.08 Å². The molecule has 0 radical (unpaired) electrons. The van der Waals surface area contributed by atoms with Crippen molar-refractivity contribution in [2.24, 2.45) is 0 Å². The molecule has 0 saturated carbocycles. The van der Waals surface area contributed by atoms with Gasteiger partial charge >= 0.3 is 21.1 Å². The fraction of sp³-hybridized carbons (Fsp3) is 0.417. The minimum atomic E-state index is -0.872. The summed E-state index contributed by atoms with van der Waals surface area (Å²) in [6.07, 6.45) is 4.85. The predicted molar refractivity (Wildman–Crippen MR) is 59.7 cm³/mol. The second kappa shape index (κ2) is 6.75. The van der Waals surface area contributed by atoms with Crippen molar-refractivity contribution in [3.05, 3.63) is 28.9 Å². The summed E-state index contributed by atoms with van der Waals surface area (Å²) in [5.41, 5.74) is 0.0449. The SMILES string of the molecule is O=C1CC[C@@H]([N-]C(=O)C2=CCCC(F)=[C-]2)C(=O)N1.[W+2]. The summed E-state index contributed by atoms with van der Waals surface area (Å²) in [7, 11) is 0. The number of hydrogen-bond acceptors (Lipinski definition) is 3. The van der Waals surface area contributed by atoms with Crippen LogP contribution in [0.15, 0.2) is 17.5 Å². The Labute approximate surface area is 124 Å². The summed E-state index contributed by atoms with van der Waals surface area (Å²) in [5.74, 6) is -2.10. The number of piperidine rings is 1. The van der Waals surface area contributed by atoms with E-state index >= 15 is 0 Å². The Bertz CT molecular complexity index is 474.